The molecule has 2 atom stereocenters. The number of hydrogen-bond acceptors (Lipinski definition) is 5. The molecule has 3 rings (SSSR count). The van der Waals surface area contributed by atoms with E-state index in [1.54, 1.807) is 24.3 Å². The Balaban J connectivity index is 1.70. The van der Waals surface area contributed by atoms with E-state index in [0.717, 1.165) is 6.42 Å². The summed E-state index contributed by atoms with van der Waals surface area (Å²) in [5.41, 5.74) is 0.454. The number of rotatable bonds is 6. The molecule has 0 bridgehead atoms. The molecular formula is C22H24ClNO5S. The Labute approximate surface area is 181 Å². The molecule has 0 aliphatic carbocycles. The van der Waals surface area contributed by atoms with Crippen LogP contribution in [0, 0.1) is 11.8 Å². The average molecular weight is 450 g/mol. The third-order valence-electron chi connectivity index (χ3n) is 5.04. The molecule has 8 heteroatoms. The molecule has 0 saturated carbocycles. The molecule has 0 N–H and O–H groups in total. The van der Waals surface area contributed by atoms with Gasteiger partial charge in [-0.25, -0.2) is 13.2 Å². The van der Waals surface area contributed by atoms with E-state index in [-0.39, 0.29) is 28.1 Å². The first-order valence-electron chi connectivity index (χ1n) is 9.73. The molecular weight excluding hydrogens is 426 g/mol. The average Bonchev–Trinajstić information content (AvgIpc) is 2.71. The standard InChI is InChI=1S/C22H24ClNO5S/c1-15-10-16(2)13-24(12-15)30(27,28)20-5-3-4-18(11-20)22(26)29-14-21(25)17-6-8-19(23)9-7-17/h3-9,11,15-16H,10,12-14H2,1-2H3. The van der Waals surface area contributed by atoms with Crippen LogP contribution < -0.4 is 0 Å². The van der Waals surface area contributed by atoms with Crippen molar-refractivity contribution in [3.05, 3.63) is 64.7 Å². The van der Waals surface area contributed by atoms with Crippen LogP contribution in [0.1, 0.15) is 41.0 Å². The lowest BCUT2D eigenvalue weighted by Crippen LogP contribution is -2.42. The van der Waals surface area contributed by atoms with Crippen LogP contribution in [-0.2, 0) is 14.8 Å². The van der Waals surface area contributed by atoms with Crippen LogP contribution in [0.3, 0.4) is 0 Å². The molecule has 1 heterocycles. The first-order valence-corrected chi connectivity index (χ1v) is 11.5. The van der Waals surface area contributed by atoms with Crippen molar-refractivity contribution in [3.63, 3.8) is 0 Å². The fourth-order valence-electron chi connectivity index (χ4n) is 3.67. The van der Waals surface area contributed by atoms with Crippen LogP contribution >= 0.6 is 11.6 Å². The van der Waals surface area contributed by atoms with Gasteiger partial charge in [-0.1, -0.05) is 31.5 Å². The number of benzene rings is 2. The molecule has 1 aliphatic heterocycles. The lowest BCUT2D eigenvalue weighted by molar-refractivity contribution is 0.0474. The van der Waals surface area contributed by atoms with E-state index in [1.807, 2.05) is 13.8 Å². The number of nitrogens with zero attached hydrogens (tertiary/aromatic N) is 1. The number of piperidine rings is 1. The Morgan fingerprint density at radius 3 is 2.30 bits per heavy atom. The van der Waals surface area contributed by atoms with E-state index in [1.165, 1.54) is 28.6 Å². The van der Waals surface area contributed by atoms with Gasteiger partial charge in [-0.15, -0.1) is 0 Å². The normalized spacial score (nSPS) is 20.0. The number of halogens is 1. The summed E-state index contributed by atoms with van der Waals surface area (Å²) in [6.07, 6.45) is 0.986. The number of ether oxygens (including phenoxy) is 1. The van der Waals surface area contributed by atoms with E-state index in [4.69, 9.17) is 16.3 Å². The summed E-state index contributed by atoms with van der Waals surface area (Å²) in [5.74, 6) is -0.582. The van der Waals surface area contributed by atoms with Gasteiger partial charge >= 0.3 is 5.97 Å². The summed E-state index contributed by atoms with van der Waals surface area (Å²) in [6, 6.07) is 12.0. The zero-order valence-corrected chi connectivity index (χ0v) is 18.4. The van der Waals surface area contributed by atoms with Gasteiger partial charge in [-0.05, 0) is 60.7 Å². The largest absolute Gasteiger partial charge is 0.454 e. The summed E-state index contributed by atoms with van der Waals surface area (Å²) in [5, 5.41) is 0.499. The molecule has 2 unspecified atom stereocenters. The van der Waals surface area contributed by atoms with Crippen LogP contribution in [0.5, 0.6) is 0 Å². The number of ketones is 1. The van der Waals surface area contributed by atoms with Gasteiger partial charge < -0.3 is 4.74 Å². The van der Waals surface area contributed by atoms with Gasteiger partial charge in [0.2, 0.25) is 10.0 Å². The number of esters is 1. The lowest BCUT2D eigenvalue weighted by Gasteiger charge is -2.34. The second-order valence-corrected chi connectivity index (χ2v) is 10.2. The monoisotopic (exact) mass is 449 g/mol. The number of sulfonamides is 1. The fourth-order valence-corrected chi connectivity index (χ4v) is 5.52. The highest BCUT2D eigenvalue weighted by Gasteiger charge is 2.32. The molecule has 2 aromatic rings. The third kappa shape index (κ3) is 5.28. The van der Waals surface area contributed by atoms with Crippen molar-refractivity contribution in [3.8, 4) is 0 Å². The Bertz CT molecular complexity index is 1030. The van der Waals surface area contributed by atoms with Crippen LogP contribution in [0.4, 0.5) is 0 Å². The Hall–Kier alpha value is -2.22. The van der Waals surface area contributed by atoms with Gasteiger partial charge in [-0.2, -0.15) is 4.31 Å². The number of carbonyl (C=O) groups is 2. The van der Waals surface area contributed by atoms with E-state index in [0.29, 0.717) is 23.7 Å². The SMILES string of the molecule is CC1CC(C)CN(S(=O)(=O)c2cccc(C(=O)OCC(=O)c3ccc(Cl)cc3)c2)C1. The Kier molecular flexibility index (Phi) is 6.95. The van der Waals surface area contributed by atoms with Gasteiger partial charge in [0, 0.05) is 23.7 Å². The second kappa shape index (κ2) is 9.29. The topological polar surface area (TPSA) is 80.8 Å². The van der Waals surface area contributed by atoms with Gasteiger partial charge in [0.25, 0.3) is 0 Å². The second-order valence-electron chi connectivity index (χ2n) is 7.80. The van der Waals surface area contributed by atoms with E-state index in [9.17, 15) is 18.0 Å². The first-order chi connectivity index (χ1) is 14.2. The molecule has 0 amide bonds. The molecule has 1 saturated heterocycles. The predicted molar refractivity (Wildman–Crippen MR) is 114 cm³/mol. The molecule has 0 radical (unpaired) electrons. The predicted octanol–water partition coefficient (Wildman–Crippen LogP) is 4.05. The molecule has 1 aliphatic rings. The number of carbonyl (C=O) groups excluding carboxylic acids is 2. The quantitative estimate of drug-likeness (QED) is 0.491. The maximum absolute atomic E-state index is 13.0. The van der Waals surface area contributed by atoms with Crippen molar-refractivity contribution >= 4 is 33.4 Å². The van der Waals surface area contributed by atoms with Gasteiger partial charge in [0.05, 0.1) is 10.5 Å². The third-order valence-corrected chi connectivity index (χ3v) is 7.12. The number of hydrogen-bond donors (Lipinski definition) is 0. The molecule has 2 aromatic carbocycles. The zero-order valence-electron chi connectivity index (χ0n) is 16.9. The maximum atomic E-state index is 13.0. The summed E-state index contributed by atoms with van der Waals surface area (Å²) in [4.78, 5) is 24.6. The summed E-state index contributed by atoms with van der Waals surface area (Å²) in [6.45, 7) is 4.53. The fraction of sp³-hybridized carbons (Fsp3) is 0.364. The van der Waals surface area contributed by atoms with Crippen LogP contribution in [0.15, 0.2) is 53.4 Å². The molecule has 0 spiro atoms. The maximum Gasteiger partial charge on any atom is 0.338 e. The smallest absolute Gasteiger partial charge is 0.338 e. The highest BCUT2D eigenvalue weighted by atomic mass is 35.5. The number of Topliss-reactive ketones (excluding diaryl/α,β-unsaturated/α-hetero) is 1. The van der Waals surface area contributed by atoms with Crippen molar-refractivity contribution in [1.29, 1.82) is 0 Å². The van der Waals surface area contributed by atoms with Crippen molar-refractivity contribution in [2.24, 2.45) is 11.8 Å². The van der Waals surface area contributed by atoms with Crippen molar-refractivity contribution in [1.82, 2.24) is 4.31 Å². The summed E-state index contributed by atoms with van der Waals surface area (Å²) in [7, 11) is -3.72. The molecule has 1 fully saturated rings. The van der Waals surface area contributed by atoms with Crippen molar-refractivity contribution in [2.45, 2.75) is 25.2 Å². The molecule has 0 aromatic heterocycles. The Morgan fingerprint density at radius 2 is 1.67 bits per heavy atom. The van der Waals surface area contributed by atoms with Crippen molar-refractivity contribution < 1.29 is 22.7 Å². The molecule has 160 valence electrons. The van der Waals surface area contributed by atoms with Crippen molar-refractivity contribution in [2.75, 3.05) is 19.7 Å². The van der Waals surface area contributed by atoms with Gasteiger partial charge in [0.15, 0.2) is 12.4 Å². The van der Waals surface area contributed by atoms with E-state index in [2.05, 4.69) is 0 Å². The minimum atomic E-state index is -3.72. The minimum absolute atomic E-state index is 0.0438. The minimum Gasteiger partial charge on any atom is -0.454 e. The van der Waals surface area contributed by atoms with Gasteiger partial charge in [0.1, 0.15) is 0 Å². The Morgan fingerprint density at radius 1 is 1.03 bits per heavy atom. The van der Waals surface area contributed by atoms with Crippen LogP contribution in [0.2, 0.25) is 5.02 Å². The highest BCUT2D eigenvalue weighted by Crippen LogP contribution is 2.27. The van der Waals surface area contributed by atoms with E-state index >= 15 is 0 Å². The lowest BCUT2D eigenvalue weighted by atomic mass is 9.94. The summed E-state index contributed by atoms with van der Waals surface area (Å²) < 4.78 is 32.6. The van der Waals surface area contributed by atoms with E-state index < -0.39 is 22.6 Å². The highest BCUT2D eigenvalue weighted by molar-refractivity contribution is 7.89. The summed E-state index contributed by atoms with van der Waals surface area (Å²) >= 11 is 5.80. The van der Waals surface area contributed by atoms with Crippen LogP contribution in [0.25, 0.3) is 0 Å². The van der Waals surface area contributed by atoms with Crippen LogP contribution in [-0.4, -0.2) is 44.2 Å². The first kappa shape index (κ1) is 22.5. The zero-order chi connectivity index (χ0) is 21.9. The molecule has 6 nitrogen and oxygen atoms in total. The molecule has 30 heavy (non-hydrogen) atoms. The van der Waals surface area contributed by atoms with Gasteiger partial charge in [-0.3, -0.25) is 4.79 Å².